The fraction of sp³-hybridized carbons (Fsp3) is 0.412. The third-order valence-electron chi connectivity index (χ3n) is 4.21. The van der Waals surface area contributed by atoms with Crippen molar-refractivity contribution in [3.8, 4) is 17.0 Å². The molecule has 6 nitrogen and oxygen atoms in total. The van der Waals surface area contributed by atoms with Crippen molar-refractivity contribution in [2.75, 3.05) is 25.1 Å². The lowest BCUT2D eigenvalue weighted by molar-refractivity contribution is -0.120. The van der Waals surface area contributed by atoms with Crippen LogP contribution in [-0.2, 0) is 4.79 Å². The van der Waals surface area contributed by atoms with Crippen LogP contribution in [0.3, 0.4) is 0 Å². The van der Waals surface area contributed by atoms with E-state index in [2.05, 4.69) is 20.1 Å². The largest absolute Gasteiger partial charge is 0.497 e. The van der Waals surface area contributed by atoms with E-state index in [-0.39, 0.29) is 11.7 Å². The van der Waals surface area contributed by atoms with Crippen molar-refractivity contribution >= 4 is 11.7 Å². The third kappa shape index (κ3) is 3.47. The Balaban J connectivity index is 1.82. The van der Waals surface area contributed by atoms with Crippen LogP contribution in [-0.4, -0.2) is 41.2 Å². The second-order valence-electron chi connectivity index (χ2n) is 5.77. The molecule has 1 fully saturated rings. The van der Waals surface area contributed by atoms with Crippen molar-refractivity contribution in [1.29, 1.82) is 0 Å². The fourth-order valence-electron chi connectivity index (χ4n) is 2.82. The first-order valence-corrected chi connectivity index (χ1v) is 7.77. The molecule has 3 rings (SSSR count). The van der Waals surface area contributed by atoms with Crippen LogP contribution in [0, 0.1) is 5.92 Å². The minimum Gasteiger partial charge on any atom is -0.497 e. The van der Waals surface area contributed by atoms with Gasteiger partial charge in [0.25, 0.3) is 0 Å². The van der Waals surface area contributed by atoms with Crippen LogP contribution < -0.4 is 9.64 Å². The van der Waals surface area contributed by atoms with E-state index in [0.29, 0.717) is 12.5 Å². The van der Waals surface area contributed by atoms with Gasteiger partial charge in [0.2, 0.25) is 5.95 Å². The number of aromatic nitrogens is 3. The van der Waals surface area contributed by atoms with Gasteiger partial charge in [0, 0.05) is 24.6 Å². The zero-order chi connectivity index (χ0) is 16.2. The van der Waals surface area contributed by atoms with E-state index in [4.69, 9.17) is 4.74 Å². The smallest absolute Gasteiger partial charge is 0.245 e. The number of piperidine rings is 1. The van der Waals surface area contributed by atoms with Crippen molar-refractivity contribution < 1.29 is 9.53 Å². The molecule has 0 saturated carbocycles. The predicted molar refractivity (Wildman–Crippen MR) is 87.4 cm³/mol. The van der Waals surface area contributed by atoms with E-state index in [1.165, 1.54) is 0 Å². The zero-order valence-electron chi connectivity index (χ0n) is 13.4. The van der Waals surface area contributed by atoms with E-state index in [1.807, 2.05) is 24.3 Å². The second kappa shape index (κ2) is 6.73. The first-order valence-electron chi connectivity index (χ1n) is 7.77. The molecule has 23 heavy (non-hydrogen) atoms. The lowest BCUT2D eigenvalue weighted by Gasteiger charge is -2.31. The van der Waals surface area contributed by atoms with Gasteiger partial charge in [0.05, 0.1) is 19.0 Å². The highest BCUT2D eigenvalue weighted by Gasteiger charge is 2.25. The maximum atomic E-state index is 11.6. The van der Waals surface area contributed by atoms with E-state index in [9.17, 15) is 4.79 Å². The van der Waals surface area contributed by atoms with Crippen molar-refractivity contribution in [1.82, 2.24) is 15.2 Å². The molecule has 0 N–H and O–H groups in total. The molecule has 0 aliphatic carbocycles. The number of benzene rings is 1. The molecule has 1 unspecified atom stereocenters. The molecule has 2 aromatic rings. The number of hydrogen-bond acceptors (Lipinski definition) is 6. The highest BCUT2D eigenvalue weighted by Crippen LogP contribution is 2.24. The summed E-state index contributed by atoms with van der Waals surface area (Å²) in [5.41, 5.74) is 1.73. The summed E-state index contributed by atoms with van der Waals surface area (Å²) in [6, 6.07) is 7.68. The highest BCUT2D eigenvalue weighted by molar-refractivity contribution is 5.79. The monoisotopic (exact) mass is 312 g/mol. The Morgan fingerprint density at radius 3 is 2.78 bits per heavy atom. The first-order chi connectivity index (χ1) is 11.2. The quantitative estimate of drug-likeness (QED) is 0.863. The maximum Gasteiger partial charge on any atom is 0.245 e. The molecule has 1 aromatic heterocycles. The molecule has 1 atom stereocenters. The summed E-state index contributed by atoms with van der Waals surface area (Å²) >= 11 is 0. The summed E-state index contributed by atoms with van der Waals surface area (Å²) in [6.45, 7) is 3.18. The summed E-state index contributed by atoms with van der Waals surface area (Å²) in [7, 11) is 1.64. The molecule has 120 valence electrons. The van der Waals surface area contributed by atoms with Gasteiger partial charge >= 0.3 is 0 Å². The normalized spacial score (nSPS) is 17.8. The fourth-order valence-corrected chi connectivity index (χ4v) is 2.82. The SMILES string of the molecule is COc1ccc(-c2cnnc(N3CCCC(C(C)=O)C3)n2)cc1. The Hall–Kier alpha value is -2.50. The van der Waals surface area contributed by atoms with Crippen LogP contribution in [0.2, 0.25) is 0 Å². The van der Waals surface area contributed by atoms with Gasteiger partial charge in [0.15, 0.2) is 0 Å². The Morgan fingerprint density at radius 1 is 1.30 bits per heavy atom. The molecule has 1 aliphatic rings. The molecular formula is C17H20N4O2. The Bertz CT molecular complexity index is 687. The number of nitrogens with zero attached hydrogens (tertiary/aromatic N) is 4. The van der Waals surface area contributed by atoms with Crippen LogP contribution >= 0.6 is 0 Å². The van der Waals surface area contributed by atoms with E-state index in [0.717, 1.165) is 36.4 Å². The van der Waals surface area contributed by atoms with Gasteiger partial charge in [-0.3, -0.25) is 4.79 Å². The lowest BCUT2D eigenvalue weighted by Crippen LogP contribution is -2.39. The Morgan fingerprint density at radius 2 is 2.09 bits per heavy atom. The molecule has 1 aliphatic heterocycles. The van der Waals surface area contributed by atoms with Gasteiger partial charge in [0.1, 0.15) is 11.5 Å². The number of methoxy groups -OCH3 is 1. The Labute approximate surface area is 135 Å². The standard InChI is InChI=1S/C17H20N4O2/c1-12(22)14-4-3-9-21(11-14)17-19-16(10-18-20-17)13-5-7-15(23-2)8-6-13/h5-8,10,14H,3-4,9,11H2,1-2H3. The summed E-state index contributed by atoms with van der Waals surface area (Å²) in [4.78, 5) is 18.3. The molecule has 6 heteroatoms. The van der Waals surface area contributed by atoms with Crippen molar-refractivity contribution in [2.45, 2.75) is 19.8 Å². The van der Waals surface area contributed by atoms with Crippen molar-refractivity contribution in [3.63, 3.8) is 0 Å². The number of carbonyl (C=O) groups excluding carboxylic acids is 1. The van der Waals surface area contributed by atoms with E-state index in [1.54, 1.807) is 20.2 Å². The number of hydrogen-bond donors (Lipinski definition) is 0. The van der Waals surface area contributed by atoms with Crippen molar-refractivity contribution in [2.24, 2.45) is 5.92 Å². The number of anilines is 1. The second-order valence-corrected chi connectivity index (χ2v) is 5.77. The number of Topliss-reactive ketones (excluding diaryl/α,β-unsaturated/α-hetero) is 1. The topological polar surface area (TPSA) is 68.2 Å². The third-order valence-corrected chi connectivity index (χ3v) is 4.21. The van der Waals surface area contributed by atoms with Gasteiger partial charge in [-0.25, -0.2) is 4.98 Å². The highest BCUT2D eigenvalue weighted by atomic mass is 16.5. The molecule has 2 heterocycles. The first kappa shape index (κ1) is 15.4. The predicted octanol–water partition coefficient (Wildman–Crippen LogP) is 2.35. The number of carbonyl (C=O) groups is 1. The minimum absolute atomic E-state index is 0.0667. The molecule has 1 aromatic carbocycles. The van der Waals surface area contributed by atoms with Crippen LogP contribution in [0.25, 0.3) is 11.3 Å². The summed E-state index contributed by atoms with van der Waals surface area (Å²) < 4.78 is 5.17. The number of ether oxygens (including phenoxy) is 1. The minimum atomic E-state index is 0.0667. The van der Waals surface area contributed by atoms with Crippen molar-refractivity contribution in [3.05, 3.63) is 30.5 Å². The maximum absolute atomic E-state index is 11.6. The van der Waals surface area contributed by atoms with Crippen LogP contribution in [0.1, 0.15) is 19.8 Å². The van der Waals surface area contributed by atoms with Gasteiger partial charge in [-0.1, -0.05) is 0 Å². The van der Waals surface area contributed by atoms with Gasteiger partial charge in [-0.2, -0.15) is 5.10 Å². The molecule has 1 saturated heterocycles. The van der Waals surface area contributed by atoms with E-state index < -0.39 is 0 Å². The summed E-state index contributed by atoms with van der Waals surface area (Å²) in [5, 5.41) is 8.22. The van der Waals surface area contributed by atoms with Crippen LogP contribution in [0.5, 0.6) is 5.75 Å². The van der Waals surface area contributed by atoms with Crippen LogP contribution in [0.15, 0.2) is 30.5 Å². The Kier molecular flexibility index (Phi) is 4.50. The summed E-state index contributed by atoms with van der Waals surface area (Å²) in [5.74, 6) is 1.69. The molecular weight excluding hydrogens is 292 g/mol. The van der Waals surface area contributed by atoms with Gasteiger partial charge in [-0.15, -0.1) is 5.10 Å². The molecule has 0 spiro atoms. The zero-order valence-corrected chi connectivity index (χ0v) is 13.4. The molecule has 0 bridgehead atoms. The van der Waals surface area contributed by atoms with E-state index >= 15 is 0 Å². The molecule has 0 radical (unpaired) electrons. The average molecular weight is 312 g/mol. The molecule has 0 amide bonds. The van der Waals surface area contributed by atoms with Gasteiger partial charge < -0.3 is 9.64 Å². The average Bonchev–Trinajstić information content (AvgIpc) is 2.62. The van der Waals surface area contributed by atoms with Gasteiger partial charge in [-0.05, 0) is 44.0 Å². The number of ketones is 1. The van der Waals surface area contributed by atoms with Crippen LogP contribution in [0.4, 0.5) is 5.95 Å². The lowest BCUT2D eigenvalue weighted by atomic mass is 9.95. The number of rotatable bonds is 4. The summed E-state index contributed by atoms with van der Waals surface area (Å²) in [6.07, 6.45) is 3.56.